The Morgan fingerprint density at radius 2 is 1.56 bits per heavy atom. The Kier molecular flexibility index (Phi) is 11.7. The van der Waals surface area contributed by atoms with E-state index in [-0.39, 0.29) is 19.0 Å². The Labute approximate surface area is 151 Å². The fraction of sp³-hybridized carbons (Fsp3) is 0.650. The Hall–Kier alpha value is -1.59. The van der Waals surface area contributed by atoms with Gasteiger partial charge in [-0.3, -0.25) is 0 Å². The maximum absolute atomic E-state index is 11.7. The lowest BCUT2D eigenvalue weighted by atomic mass is 10.1. The van der Waals surface area contributed by atoms with Crippen LogP contribution in [-0.2, 0) is 9.47 Å². The molecule has 1 rings (SSSR count). The third-order valence-corrected chi connectivity index (χ3v) is 3.96. The quantitative estimate of drug-likeness (QED) is 0.390. The van der Waals surface area contributed by atoms with Gasteiger partial charge in [-0.25, -0.2) is 4.79 Å². The van der Waals surface area contributed by atoms with Crippen molar-refractivity contribution in [1.29, 1.82) is 0 Å². The van der Waals surface area contributed by atoms with Crippen molar-refractivity contribution >= 4 is 5.97 Å². The highest BCUT2D eigenvalue weighted by Gasteiger charge is 2.11. The van der Waals surface area contributed by atoms with Gasteiger partial charge >= 0.3 is 5.97 Å². The van der Waals surface area contributed by atoms with E-state index in [9.17, 15) is 15.0 Å². The molecule has 0 heterocycles. The minimum Gasteiger partial charge on any atom is -0.508 e. The van der Waals surface area contributed by atoms with Crippen molar-refractivity contribution in [3.05, 3.63) is 29.8 Å². The molecule has 0 fully saturated rings. The summed E-state index contributed by atoms with van der Waals surface area (Å²) in [6, 6.07) is 5.78. The van der Waals surface area contributed by atoms with Crippen LogP contribution >= 0.6 is 0 Å². The molecule has 1 aromatic carbocycles. The van der Waals surface area contributed by atoms with E-state index in [2.05, 4.69) is 6.92 Å². The first-order valence-electron chi connectivity index (χ1n) is 9.35. The van der Waals surface area contributed by atoms with E-state index < -0.39 is 12.1 Å². The van der Waals surface area contributed by atoms with Crippen molar-refractivity contribution in [2.45, 2.75) is 64.4 Å². The van der Waals surface area contributed by atoms with E-state index in [1.807, 2.05) is 0 Å². The van der Waals surface area contributed by atoms with E-state index in [0.29, 0.717) is 12.2 Å². The maximum Gasteiger partial charge on any atom is 0.338 e. The minimum atomic E-state index is -0.824. The molecular weight excluding hydrogens is 320 g/mol. The SMILES string of the molecule is CCCCCCCCCCOCC(O)COC(=O)c1ccc(O)cc1. The van der Waals surface area contributed by atoms with Crippen LogP contribution in [-0.4, -0.2) is 42.1 Å². The van der Waals surface area contributed by atoms with Gasteiger partial charge in [0.25, 0.3) is 0 Å². The fourth-order valence-corrected chi connectivity index (χ4v) is 2.46. The molecule has 0 spiro atoms. The third kappa shape index (κ3) is 10.8. The highest BCUT2D eigenvalue weighted by Crippen LogP contribution is 2.11. The second-order valence-corrected chi connectivity index (χ2v) is 6.35. The lowest BCUT2D eigenvalue weighted by Gasteiger charge is -2.12. The number of rotatable bonds is 14. The van der Waals surface area contributed by atoms with E-state index in [4.69, 9.17) is 9.47 Å². The molecule has 1 aromatic rings. The summed E-state index contributed by atoms with van der Waals surface area (Å²) in [4.78, 5) is 11.7. The van der Waals surface area contributed by atoms with Crippen molar-refractivity contribution in [3.8, 4) is 5.75 Å². The van der Waals surface area contributed by atoms with Crippen molar-refractivity contribution < 1.29 is 24.5 Å². The number of hydrogen-bond acceptors (Lipinski definition) is 5. The standard InChI is InChI=1S/C20H32O5/c1-2-3-4-5-6-7-8-9-14-24-15-19(22)16-25-20(23)17-10-12-18(21)13-11-17/h10-13,19,21-22H,2-9,14-16H2,1H3. The average molecular weight is 352 g/mol. The molecule has 5 nitrogen and oxygen atoms in total. The molecule has 0 aliphatic rings. The molecule has 0 aliphatic heterocycles. The number of unbranched alkanes of at least 4 members (excludes halogenated alkanes) is 7. The number of benzene rings is 1. The monoisotopic (exact) mass is 352 g/mol. The third-order valence-electron chi connectivity index (χ3n) is 3.96. The molecule has 0 radical (unpaired) electrons. The van der Waals surface area contributed by atoms with Crippen molar-refractivity contribution in [2.75, 3.05) is 19.8 Å². The van der Waals surface area contributed by atoms with E-state index in [1.54, 1.807) is 0 Å². The molecular formula is C20H32O5. The Bertz CT molecular complexity index is 458. The number of esters is 1. The van der Waals surface area contributed by atoms with E-state index >= 15 is 0 Å². The zero-order chi connectivity index (χ0) is 18.3. The Morgan fingerprint density at radius 3 is 2.20 bits per heavy atom. The number of aliphatic hydroxyl groups is 1. The lowest BCUT2D eigenvalue weighted by molar-refractivity contribution is -0.0114. The smallest absolute Gasteiger partial charge is 0.338 e. The molecule has 0 bridgehead atoms. The van der Waals surface area contributed by atoms with Crippen LogP contribution in [0, 0.1) is 0 Å². The molecule has 25 heavy (non-hydrogen) atoms. The summed E-state index contributed by atoms with van der Waals surface area (Å²) < 4.78 is 10.4. The van der Waals surface area contributed by atoms with Gasteiger partial charge in [-0.1, -0.05) is 51.9 Å². The summed E-state index contributed by atoms with van der Waals surface area (Å²) in [6.07, 6.45) is 9.11. The van der Waals surface area contributed by atoms with E-state index in [1.165, 1.54) is 62.8 Å². The summed E-state index contributed by atoms with van der Waals surface area (Å²) in [6.45, 7) is 2.91. The highest BCUT2D eigenvalue weighted by molar-refractivity contribution is 5.89. The first-order chi connectivity index (χ1) is 12.1. The maximum atomic E-state index is 11.7. The van der Waals surface area contributed by atoms with Crippen molar-refractivity contribution in [1.82, 2.24) is 0 Å². The van der Waals surface area contributed by atoms with Gasteiger partial charge in [0.1, 0.15) is 18.5 Å². The normalized spacial score (nSPS) is 12.1. The van der Waals surface area contributed by atoms with Gasteiger partial charge in [0, 0.05) is 6.61 Å². The predicted molar refractivity (Wildman–Crippen MR) is 97.8 cm³/mol. The Balaban J connectivity index is 1.97. The lowest BCUT2D eigenvalue weighted by Crippen LogP contribution is -2.24. The average Bonchev–Trinajstić information content (AvgIpc) is 2.62. The zero-order valence-corrected chi connectivity index (χ0v) is 15.3. The first kappa shape index (κ1) is 21.5. The molecule has 0 saturated heterocycles. The zero-order valence-electron chi connectivity index (χ0n) is 15.3. The molecule has 0 saturated carbocycles. The summed E-state index contributed by atoms with van der Waals surface area (Å²) in [5, 5.41) is 18.9. The Morgan fingerprint density at radius 1 is 0.960 bits per heavy atom. The molecule has 1 atom stereocenters. The summed E-state index contributed by atoms with van der Waals surface area (Å²) in [5.74, 6) is -0.437. The van der Waals surface area contributed by atoms with Gasteiger partial charge in [0.2, 0.25) is 0 Å². The number of phenolic OH excluding ortho intramolecular Hbond substituents is 1. The number of phenols is 1. The predicted octanol–water partition coefficient (Wildman–Crippen LogP) is 4.07. The van der Waals surface area contributed by atoms with Gasteiger partial charge in [-0.2, -0.15) is 0 Å². The van der Waals surface area contributed by atoms with Crippen LogP contribution in [0.4, 0.5) is 0 Å². The fourth-order valence-electron chi connectivity index (χ4n) is 2.46. The van der Waals surface area contributed by atoms with Crippen LogP contribution < -0.4 is 0 Å². The number of carbonyl (C=O) groups excluding carboxylic acids is 1. The van der Waals surface area contributed by atoms with Crippen LogP contribution in [0.15, 0.2) is 24.3 Å². The number of ether oxygens (including phenoxy) is 2. The molecule has 5 heteroatoms. The largest absolute Gasteiger partial charge is 0.508 e. The molecule has 142 valence electrons. The molecule has 0 amide bonds. The topological polar surface area (TPSA) is 76.0 Å². The first-order valence-corrected chi connectivity index (χ1v) is 9.35. The molecule has 2 N–H and O–H groups in total. The van der Waals surface area contributed by atoms with Gasteiger partial charge in [-0.05, 0) is 30.7 Å². The number of hydrogen-bond donors (Lipinski definition) is 2. The minimum absolute atomic E-state index is 0.0888. The summed E-state index contributed by atoms with van der Waals surface area (Å²) in [7, 11) is 0. The van der Waals surface area contributed by atoms with Gasteiger partial charge in [-0.15, -0.1) is 0 Å². The van der Waals surface area contributed by atoms with E-state index in [0.717, 1.165) is 12.8 Å². The second kappa shape index (κ2) is 13.7. The second-order valence-electron chi connectivity index (χ2n) is 6.35. The molecule has 1 unspecified atom stereocenters. The molecule has 0 aliphatic carbocycles. The number of aromatic hydroxyl groups is 1. The van der Waals surface area contributed by atoms with Crippen LogP contribution in [0.5, 0.6) is 5.75 Å². The summed E-state index contributed by atoms with van der Waals surface area (Å²) in [5.41, 5.74) is 0.338. The molecule has 0 aromatic heterocycles. The van der Waals surface area contributed by atoms with Crippen molar-refractivity contribution in [2.24, 2.45) is 0 Å². The van der Waals surface area contributed by atoms with Gasteiger partial charge in [0.05, 0.1) is 12.2 Å². The van der Waals surface area contributed by atoms with Crippen LogP contribution in [0.2, 0.25) is 0 Å². The summed E-state index contributed by atoms with van der Waals surface area (Å²) >= 11 is 0. The van der Waals surface area contributed by atoms with Gasteiger partial charge < -0.3 is 19.7 Å². The van der Waals surface area contributed by atoms with Crippen LogP contribution in [0.1, 0.15) is 68.6 Å². The van der Waals surface area contributed by atoms with Crippen LogP contribution in [0.25, 0.3) is 0 Å². The van der Waals surface area contributed by atoms with Gasteiger partial charge in [0.15, 0.2) is 0 Å². The number of aliphatic hydroxyl groups excluding tert-OH is 1. The number of carbonyl (C=O) groups is 1. The van der Waals surface area contributed by atoms with Crippen molar-refractivity contribution in [3.63, 3.8) is 0 Å². The van der Waals surface area contributed by atoms with Crippen LogP contribution in [0.3, 0.4) is 0 Å². The highest BCUT2D eigenvalue weighted by atomic mass is 16.5.